The van der Waals surface area contributed by atoms with Crippen molar-refractivity contribution in [2.75, 3.05) is 19.6 Å². The summed E-state index contributed by atoms with van der Waals surface area (Å²) in [7, 11) is 0. The summed E-state index contributed by atoms with van der Waals surface area (Å²) >= 11 is 0. The standard InChI is InChI=1S/C19H22FN5O2.ClH/c20-15-3-1-13(2-4-15)12-25-19(27)17-16(22-9-10-23-17)18(26)24-8-6-14-5-7-21-11-14;/h1-4,9-10,14,21H,5-8,11-12H2,(H,24,26)(H,25,27);1H. The molecule has 2 aromatic rings. The molecule has 0 radical (unpaired) electrons. The van der Waals surface area contributed by atoms with Crippen LogP contribution in [0.2, 0.25) is 0 Å². The van der Waals surface area contributed by atoms with Gasteiger partial charge in [-0.2, -0.15) is 0 Å². The lowest BCUT2D eigenvalue weighted by Crippen LogP contribution is -2.32. The first kappa shape index (κ1) is 21.7. The first-order valence-electron chi connectivity index (χ1n) is 8.96. The van der Waals surface area contributed by atoms with Crippen LogP contribution in [-0.4, -0.2) is 41.4 Å². The summed E-state index contributed by atoms with van der Waals surface area (Å²) in [5.41, 5.74) is 0.711. The molecule has 1 unspecified atom stereocenters. The zero-order valence-corrected chi connectivity index (χ0v) is 16.1. The van der Waals surface area contributed by atoms with Gasteiger partial charge in [-0.15, -0.1) is 12.4 Å². The lowest BCUT2D eigenvalue weighted by molar-refractivity contribution is 0.0908. The average molecular weight is 408 g/mol. The molecule has 1 atom stereocenters. The molecule has 28 heavy (non-hydrogen) atoms. The summed E-state index contributed by atoms with van der Waals surface area (Å²) in [5, 5.41) is 8.78. The Morgan fingerprint density at radius 3 is 2.32 bits per heavy atom. The lowest BCUT2D eigenvalue weighted by atomic mass is 10.1. The summed E-state index contributed by atoms with van der Waals surface area (Å²) in [6.45, 7) is 2.71. The van der Waals surface area contributed by atoms with Crippen LogP contribution in [0.5, 0.6) is 0 Å². The molecule has 150 valence electrons. The molecule has 1 aromatic carbocycles. The van der Waals surface area contributed by atoms with Crippen LogP contribution >= 0.6 is 12.4 Å². The first-order chi connectivity index (χ1) is 13.1. The fourth-order valence-electron chi connectivity index (χ4n) is 2.97. The number of nitrogens with one attached hydrogen (secondary N) is 3. The molecule has 9 heteroatoms. The second-order valence-electron chi connectivity index (χ2n) is 6.47. The molecule has 0 spiro atoms. The van der Waals surface area contributed by atoms with Crippen molar-refractivity contribution in [3.05, 3.63) is 59.4 Å². The minimum absolute atomic E-state index is 0. The van der Waals surface area contributed by atoms with Gasteiger partial charge in [0.05, 0.1) is 0 Å². The highest BCUT2D eigenvalue weighted by molar-refractivity contribution is 6.04. The number of carbonyl (C=O) groups excluding carboxylic acids is 2. The van der Waals surface area contributed by atoms with Gasteiger partial charge >= 0.3 is 0 Å². The van der Waals surface area contributed by atoms with Gasteiger partial charge in [-0.05, 0) is 49.5 Å². The van der Waals surface area contributed by atoms with E-state index in [0.29, 0.717) is 12.5 Å². The third-order valence-corrected chi connectivity index (χ3v) is 4.50. The Hall–Kier alpha value is -2.58. The second kappa shape index (κ2) is 10.7. The molecule has 0 aliphatic carbocycles. The van der Waals surface area contributed by atoms with E-state index in [1.165, 1.54) is 24.5 Å². The molecule has 1 aromatic heterocycles. The van der Waals surface area contributed by atoms with Crippen LogP contribution in [0.3, 0.4) is 0 Å². The monoisotopic (exact) mass is 407 g/mol. The molecule has 1 aliphatic heterocycles. The van der Waals surface area contributed by atoms with Gasteiger partial charge in [-0.1, -0.05) is 12.1 Å². The molecular weight excluding hydrogens is 385 g/mol. The Balaban J connectivity index is 0.00000280. The highest BCUT2D eigenvalue weighted by Crippen LogP contribution is 2.11. The summed E-state index contributed by atoms with van der Waals surface area (Å²) in [4.78, 5) is 32.8. The Kier molecular flexibility index (Phi) is 8.28. The Labute approximate surface area is 168 Å². The van der Waals surface area contributed by atoms with Crippen molar-refractivity contribution in [3.8, 4) is 0 Å². The third kappa shape index (κ3) is 5.97. The Bertz CT molecular complexity index is 797. The van der Waals surface area contributed by atoms with Crippen LogP contribution in [0, 0.1) is 11.7 Å². The SMILES string of the molecule is Cl.O=C(NCCC1CCNC1)c1nccnc1C(=O)NCc1ccc(F)cc1. The predicted octanol–water partition coefficient (Wildman–Crippen LogP) is 1.70. The van der Waals surface area contributed by atoms with E-state index in [4.69, 9.17) is 0 Å². The van der Waals surface area contributed by atoms with Crippen LogP contribution < -0.4 is 16.0 Å². The van der Waals surface area contributed by atoms with Gasteiger partial charge in [0, 0.05) is 25.5 Å². The van der Waals surface area contributed by atoms with E-state index in [0.717, 1.165) is 31.5 Å². The van der Waals surface area contributed by atoms with Gasteiger partial charge < -0.3 is 16.0 Å². The minimum Gasteiger partial charge on any atom is -0.351 e. The lowest BCUT2D eigenvalue weighted by Gasteiger charge is -2.11. The van der Waals surface area contributed by atoms with E-state index in [1.807, 2.05) is 0 Å². The minimum atomic E-state index is -0.502. The summed E-state index contributed by atoms with van der Waals surface area (Å²) < 4.78 is 12.9. The zero-order chi connectivity index (χ0) is 19.1. The van der Waals surface area contributed by atoms with E-state index >= 15 is 0 Å². The number of hydrogen-bond acceptors (Lipinski definition) is 5. The van der Waals surface area contributed by atoms with Crippen molar-refractivity contribution in [1.29, 1.82) is 0 Å². The zero-order valence-electron chi connectivity index (χ0n) is 15.3. The van der Waals surface area contributed by atoms with Crippen LogP contribution in [0.15, 0.2) is 36.7 Å². The largest absolute Gasteiger partial charge is 0.351 e. The average Bonchev–Trinajstić information content (AvgIpc) is 3.20. The first-order valence-corrected chi connectivity index (χ1v) is 8.96. The molecular formula is C19H23ClFN5O2. The molecule has 2 amide bonds. The molecule has 3 N–H and O–H groups in total. The maximum absolute atomic E-state index is 12.9. The quantitative estimate of drug-likeness (QED) is 0.649. The highest BCUT2D eigenvalue weighted by Gasteiger charge is 2.20. The summed E-state index contributed by atoms with van der Waals surface area (Å²) in [6.07, 6.45) is 4.74. The van der Waals surface area contributed by atoms with Crippen molar-refractivity contribution in [1.82, 2.24) is 25.9 Å². The van der Waals surface area contributed by atoms with Gasteiger partial charge in [-0.3, -0.25) is 9.59 Å². The van der Waals surface area contributed by atoms with Gasteiger partial charge in [0.15, 0.2) is 11.4 Å². The highest BCUT2D eigenvalue weighted by atomic mass is 35.5. The van der Waals surface area contributed by atoms with Gasteiger partial charge in [0.2, 0.25) is 0 Å². The molecule has 3 rings (SSSR count). The number of nitrogens with zero attached hydrogens (tertiary/aromatic N) is 2. The number of rotatable bonds is 7. The van der Waals surface area contributed by atoms with Crippen molar-refractivity contribution in [3.63, 3.8) is 0 Å². The topological polar surface area (TPSA) is 96.0 Å². The molecule has 0 saturated carbocycles. The number of amides is 2. The second-order valence-corrected chi connectivity index (χ2v) is 6.47. The van der Waals surface area contributed by atoms with E-state index < -0.39 is 11.8 Å². The van der Waals surface area contributed by atoms with E-state index in [1.54, 1.807) is 12.1 Å². The number of hydrogen-bond donors (Lipinski definition) is 3. The van der Waals surface area contributed by atoms with Crippen LogP contribution in [0.4, 0.5) is 4.39 Å². The van der Waals surface area contributed by atoms with Gasteiger partial charge in [0.25, 0.3) is 11.8 Å². The smallest absolute Gasteiger partial charge is 0.272 e. The Morgan fingerprint density at radius 1 is 1.07 bits per heavy atom. The van der Waals surface area contributed by atoms with E-state index in [2.05, 4.69) is 25.9 Å². The number of benzene rings is 1. The van der Waals surface area contributed by atoms with Crippen LogP contribution in [0.25, 0.3) is 0 Å². The molecule has 1 saturated heterocycles. The number of aromatic nitrogens is 2. The van der Waals surface area contributed by atoms with Crippen LogP contribution in [-0.2, 0) is 6.54 Å². The maximum Gasteiger partial charge on any atom is 0.272 e. The van der Waals surface area contributed by atoms with Crippen molar-refractivity contribution < 1.29 is 14.0 Å². The fourth-order valence-corrected chi connectivity index (χ4v) is 2.97. The van der Waals surface area contributed by atoms with Gasteiger partial charge in [0.1, 0.15) is 5.82 Å². The normalized spacial score (nSPS) is 15.5. The molecule has 2 heterocycles. The van der Waals surface area contributed by atoms with Crippen molar-refractivity contribution in [2.24, 2.45) is 5.92 Å². The van der Waals surface area contributed by atoms with Crippen LogP contribution in [0.1, 0.15) is 39.4 Å². The molecule has 1 aliphatic rings. The summed E-state index contributed by atoms with van der Waals surface area (Å²) in [6, 6.07) is 5.81. The molecule has 0 bridgehead atoms. The van der Waals surface area contributed by atoms with E-state index in [9.17, 15) is 14.0 Å². The van der Waals surface area contributed by atoms with Crippen molar-refractivity contribution >= 4 is 24.2 Å². The maximum atomic E-state index is 12.9. The molecule has 7 nitrogen and oxygen atoms in total. The van der Waals surface area contributed by atoms with Gasteiger partial charge in [-0.25, -0.2) is 14.4 Å². The number of carbonyl (C=O) groups is 2. The Morgan fingerprint density at radius 2 is 1.71 bits per heavy atom. The van der Waals surface area contributed by atoms with E-state index in [-0.39, 0.29) is 36.2 Å². The van der Waals surface area contributed by atoms with Crippen molar-refractivity contribution in [2.45, 2.75) is 19.4 Å². The third-order valence-electron chi connectivity index (χ3n) is 4.50. The predicted molar refractivity (Wildman–Crippen MR) is 105 cm³/mol. The fraction of sp³-hybridized carbons (Fsp3) is 0.368. The molecule has 1 fully saturated rings. The summed E-state index contributed by atoms with van der Waals surface area (Å²) in [5.74, 6) is -0.699. The number of halogens is 2.